The van der Waals surface area contributed by atoms with Crippen molar-refractivity contribution in [2.75, 3.05) is 19.0 Å². The number of carbonyl (C=O) groups excluding carboxylic acids is 3. The van der Waals surface area contributed by atoms with E-state index in [1.54, 1.807) is 24.3 Å². The first-order valence-electron chi connectivity index (χ1n) is 10.6. The molecule has 3 N–H and O–H groups in total. The van der Waals surface area contributed by atoms with Gasteiger partial charge in [0.2, 0.25) is 17.7 Å². The van der Waals surface area contributed by atoms with Crippen molar-refractivity contribution in [1.82, 2.24) is 10.2 Å². The van der Waals surface area contributed by atoms with Crippen molar-refractivity contribution in [3.8, 4) is 0 Å². The molecule has 3 amide bonds. The number of nitrogens with zero attached hydrogens (tertiary/aromatic N) is 1. The highest BCUT2D eigenvalue weighted by Crippen LogP contribution is 2.59. The molecule has 3 fully saturated rings. The maximum atomic E-state index is 13.7. The van der Waals surface area contributed by atoms with Gasteiger partial charge >= 0.3 is 0 Å². The smallest absolute Gasteiger partial charge is 0.250 e. The number of ether oxygens (including phenoxy) is 1. The summed E-state index contributed by atoms with van der Waals surface area (Å²) in [6, 6.07) is 5.19. The Morgan fingerprint density at radius 2 is 1.97 bits per heavy atom. The predicted molar refractivity (Wildman–Crippen MR) is 114 cm³/mol. The molecule has 168 valence electrons. The van der Waals surface area contributed by atoms with E-state index in [9.17, 15) is 19.5 Å². The van der Waals surface area contributed by atoms with Gasteiger partial charge in [-0.1, -0.05) is 25.4 Å². The minimum absolute atomic E-state index is 0.0920. The zero-order valence-electron chi connectivity index (χ0n) is 17.8. The summed E-state index contributed by atoms with van der Waals surface area (Å²) in [6.45, 7) is 3.50. The lowest BCUT2D eigenvalue weighted by Crippen LogP contribution is -2.57. The van der Waals surface area contributed by atoms with E-state index in [4.69, 9.17) is 16.3 Å². The van der Waals surface area contributed by atoms with Crippen molar-refractivity contribution in [3.05, 3.63) is 29.3 Å². The lowest BCUT2D eigenvalue weighted by Gasteiger charge is -2.38. The van der Waals surface area contributed by atoms with Crippen molar-refractivity contribution < 1.29 is 24.2 Å². The maximum absolute atomic E-state index is 13.7. The number of likely N-dealkylation sites (tertiary alicyclic amines) is 1. The number of amides is 3. The molecule has 0 radical (unpaired) electrons. The first kappa shape index (κ1) is 22.0. The minimum Gasteiger partial charge on any atom is -0.394 e. The Morgan fingerprint density at radius 1 is 1.29 bits per heavy atom. The Balaban J connectivity index is 1.75. The number of rotatable bonds is 6. The van der Waals surface area contributed by atoms with E-state index in [0.29, 0.717) is 23.6 Å². The second kappa shape index (κ2) is 8.07. The molecule has 0 saturated carbocycles. The van der Waals surface area contributed by atoms with E-state index in [1.165, 1.54) is 11.9 Å². The zero-order chi connectivity index (χ0) is 22.5. The maximum Gasteiger partial charge on any atom is 0.250 e. The fraction of sp³-hybridized carbons (Fsp3) is 0.591. The third-order valence-electron chi connectivity index (χ3n) is 6.96. The Bertz CT molecular complexity index is 892. The van der Waals surface area contributed by atoms with Crippen LogP contribution in [0, 0.1) is 17.8 Å². The summed E-state index contributed by atoms with van der Waals surface area (Å²) in [4.78, 5) is 41.4. The van der Waals surface area contributed by atoms with Crippen LogP contribution in [0.15, 0.2) is 24.3 Å². The molecule has 3 aliphatic heterocycles. The Morgan fingerprint density at radius 3 is 2.55 bits per heavy atom. The summed E-state index contributed by atoms with van der Waals surface area (Å²) in [7, 11) is 1.54. The van der Waals surface area contributed by atoms with Gasteiger partial charge in [-0.15, -0.1) is 0 Å². The van der Waals surface area contributed by atoms with Crippen molar-refractivity contribution in [2.24, 2.45) is 17.8 Å². The van der Waals surface area contributed by atoms with Gasteiger partial charge in [0.05, 0.1) is 30.6 Å². The van der Waals surface area contributed by atoms with Crippen LogP contribution in [0.2, 0.25) is 5.02 Å². The van der Waals surface area contributed by atoms with Gasteiger partial charge in [-0.3, -0.25) is 14.4 Å². The first-order chi connectivity index (χ1) is 14.7. The fourth-order valence-electron chi connectivity index (χ4n) is 5.58. The van der Waals surface area contributed by atoms with E-state index >= 15 is 0 Å². The van der Waals surface area contributed by atoms with Crippen LogP contribution in [-0.4, -0.2) is 65.2 Å². The summed E-state index contributed by atoms with van der Waals surface area (Å²) in [6.07, 6.45) is 0.715. The highest BCUT2D eigenvalue weighted by molar-refractivity contribution is 6.30. The second-order valence-electron chi connectivity index (χ2n) is 8.91. The molecule has 4 rings (SSSR count). The molecule has 1 spiro atoms. The summed E-state index contributed by atoms with van der Waals surface area (Å²) in [5, 5.41) is 16.1. The molecular formula is C22H28ClN3O5. The van der Waals surface area contributed by atoms with Gasteiger partial charge in [-0.05, 0) is 43.0 Å². The number of fused-ring (bicyclic) bond motifs is 1. The average molecular weight is 450 g/mol. The topological polar surface area (TPSA) is 108 Å². The van der Waals surface area contributed by atoms with Crippen LogP contribution in [0.3, 0.4) is 0 Å². The van der Waals surface area contributed by atoms with E-state index in [2.05, 4.69) is 10.6 Å². The molecule has 3 heterocycles. The largest absolute Gasteiger partial charge is 0.394 e. The molecule has 2 bridgehead atoms. The molecule has 9 heteroatoms. The normalized spacial score (nSPS) is 32.3. The van der Waals surface area contributed by atoms with Gasteiger partial charge < -0.3 is 25.4 Å². The van der Waals surface area contributed by atoms with Crippen molar-refractivity contribution in [2.45, 2.75) is 50.5 Å². The van der Waals surface area contributed by atoms with Gasteiger partial charge in [0.15, 0.2) is 0 Å². The highest BCUT2D eigenvalue weighted by atomic mass is 35.5. The third-order valence-corrected chi connectivity index (χ3v) is 7.21. The Kier molecular flexibility index (Phi) is 5.74. The number of nitrogens with one attached hydrogen (secondary N) is 2. The number of hydrogen-bond acceptors (Lipinski definition) is 5. The van der Waals surface area contributed by atoms with Gasteiger partial charge in [0.25, 0.3) is 0 Å². The first-order valence-corrected chi connectivity index (χ1v) is 11.0. The monoisotopic (exact) mass is 449 g/mol. The van der Waals surface area contributed by atoms with E-state index < -0.39 is 41.5 Å². The molecule has 0 aromatic heterocycles. The van der Waals surface area contributed by atoms with Crippen LogP contribution in [-0.2, 0) is 19.1 Å². The van der Waals surface area contributed by atoms with Gasteiger partial charge in [-0.2, -0.15) is 0 Å². The van der Waals surface area contributed by atoms with Gasteiger partial charge in [0, 0.05) is 17.8 Å². The Hall–Kier alpha value is -2.16. The van der Waals surface area contributed by atoms with Crippen molar-refractivity contribution >= 4 is 35.0 Å². The predicted octanol–water partition coefficient (Wildman–Crippen LogP) is 1.42. The highest BCUT2D eigenvalue weighted by Gasteiger charge is 2.75. The molecule has 8 nitrogen and oxygen atoms in total. The van der Waals surface area contributed by atoms with Crippen LogP contribution in [0.4, 0.5) is 5.69 Å². The number of hydrogen-bond donors (Lipinski definition) is 3. The minimum atomic E-state index is -1.09. The number of halogens is 1. The molecule has 31 heavy (non-hydrogen) atoms. The fourth-order valence-corrected chi connectivity index (χ4v) is 5.70. The van der Waals surface area contributed by atoms with Gasteiger partial charge in [0.1, 0.15) is 11.6 Å². The zero-order valence-corrected chi connectivity index (χ0v) is 18.6. The number of aliphatic hydroxyl groups excluding tert-OH is 1. The lowest BCUT2D eigenvalue weighted by molar-refractivity contribution is -0.145. The molecule has 2 unspecified atom stereocenters. The second-order valence-corrected chi connectivity index (χ2v) is 9.34. The molecular weight excluding hydrogens is 422 g/mol. The van der Waals surface area contributed by atoms with Gasteiger partial charge in [-0.25, -0.2) is 0 Å². The molecule has 3 saturated heterocycles. The number of carbonyl (C=O) groups is 3. The number of aliphatic hydroxyl groups is 1. The lowest BCUT2D eigenvalue weighted by atomic mass is 9.70. The van der Waals surface area contributed by atoms with E-state index in [-0.39, 0.29) is 24.3 Å². The van der Waals surface area contributed by atoms with Crippen LogP contribution in [0.25, 0.3) is 0 Å². The molecule has 0 aliphatic carbocycles. The molecule has 1 aromatic rings. The van der Waals surface area contributed by atoms with Crippen LogP contribution >= 0.6 is 11.6 Å². The Labute approximate surface area is 186 Å². The van der Waals surface area contributed by atoms with Crippen LogP contribution in [0.1, 0.15) is 26.7 Å². The SMILES string of the molecule is CNC(=O)[C@@H]1[C@H]2C(=O)N([C@@H](CO)C(C)C)C(C(=O)Nc3ccc(Cl)cc3)C23CC[C@H]1O3. The molecule has 1 aromatic carbocycles. The van der Waals surface area contributed by atoms with E-state index in [1.807, 2.05) is 13.8 Å². The standard InChI is InChI=1S/C22H28ClN3O5/c1-11(2)14(10-27)26-18(20(29)25-13-6-4-12(23)5-7-13)22-9-8-15(31-22)16(19(28)24-3)17(22)21(26)30/h4-7,11,14-18,27H,8-10H2,1-3H3,(H,24,28)(H,25,29)/t14-,15+,16-,17-,18?,22?/m0/s1. The molecule has 6 atom stereocenters. The third kappa shape index (κ3) is 3.32. The van der Waals surface area contributed by atoms with Crippen LogP contribution < -0.4 is 10.6 Å². The quantitative estimate of drug-likeness (QED) is 0.608. The average Bonchev–Trinajstić information content (AvgIpc) is 3.37. The number of anilines is 1. The number of benzene rings is 1. The summed E-state index contributed by atoms with van der Waals surface area (Å²) in [5.41, 5.74) is -0.542. The summed E-state index contributed by atoms with van der Waals surface area (Å²) in [5.74, 6) is -2.44. The van der Waals surface area contributed by atoms with Crippen molar-refractivity contribution in [1.29, 1.82) is 0 Å². The molecule has 3 aliphatic rings. The summed E-state index contributed by atoms with van der Waals surface area (Å²) >= 11 is 5.94. The summed E-state index contributed by atoms with van der Waals surface area (Å²) < 4.78 is 6.30. The van der Waals surface area contributed by atoms with E-state index in [0.717, 1.165) is 0 Å². The van der Waals surface area contributed by atoms with Crippen LogP contribution in [0.5, 0.6) is 0 Å². The van der Waals surface area contributed by atoms with Crippen molar-refractivity contribution in [3.63, 3.8) is 0 Å².